The maximum absolute atomic E-state index is 10.5. The van der Waals surface area contributed by atoms with E-state index in [1.165, 1.54) is 0 Å². The summed E-state index contributed by atoms with van der Waals surface area (Å²) in [6, 6.07) is 0. The summed E-state index contributed by atoms with van der Waals surface area (Å²) in [6.07, 6.45) is -7.38. The van der Waals surface area contributed by atoms with Gasteiger partial charge in [-0.25, -0.2) is 8.42 Å². The zero-order chi connectivity index (χ0) is 17.1. The van der Waals surface area contributed by atoms with Crippen LogP contribution >= 0.6 is 0 Å². The average Bonchev–Trinajstić information content (AvgIpc) is 2.69. The van der Waals surface area contributed by atoms with Crippen molar-refractivity contribution in [1.29, 1.82) is 0 Å². The molecule has 22 heavy (non-hydrogen) atoms. The van der Waals surface area contributed by atoms with Gasteiger partial charge in [-0.2, -0.15) is 0 Å². The molecule has 11 heteroatoms. The van der Waals surface area contributed by atoms with E-state index in [9.17, 15) is 33.4 Å². The van der Waals surface area contributed by atoms with Gasteiger partial charge in [0.1, 0.15) is 6.10 Å². The Morgan fingerprint density at radius 2 is 1.77 bits per heavy atom. The van der Waals surface area contributed by atoms with Crippen LogP contribution in [0.2, 0.25) is 0 Å². The Bertz CT molecular complexity index is 440. The van der Waals surface area contributed by atoms with Gasteiger partial charge < -0.3 is 35.2 Å². The minimum absolute atomic E-state index is 0.0117. The highest BCUT2D eigenvalue weighted by atomic mass is 32.3. The Labute approximate surface area is 127 Å². The number of aliphatic hydroxyl groups is 6. The molecule has 10 nitrogen and oxygen atoms in total. The summed E-state index contributed by atoms with van der Waals surface area (Å²) >= 11 is 0. The minimum atomic E-state index is -5.13. The molecule has 0 bridgehead atoms. The summed E-state index contributed by atoms with van der Waals surface area (Å²) in [5, 5.41) is 56.9. The third-order valence-electron chi connectivity index (χ3n) is 3.90. The molecule has 0 aromatic carbocycles. The van der Waals surface area contributed by atoms with Crippen LogP contribution in [0, 0.1) is 11.8 Å². The monoisotopic (exact) mass is 345 g/mol. The fraction of sp³-hybridized carbons (Fsp3) is 1.00. The molecular formula is C11H21O10S-. The zero-order valence-electron chi connectivity index (χ0n) is 11.6. The summed E-state index contributed by atoms with van der Waals surface area (Å²) in [5.74, 6) is -1.62. The first kappa shape index (κ1) is 19.7. The Morgan fingerprint density at radius 1 is 1.18 bits per heavy atom. The fourth-order valence-electron chi connectivity index (χ4n) is 2.89. The Balaban J connectivity index is 2.77. The average molecular weight is 345 g/mol. The van der Waals surface area contributed by atoms with Crippen LogP contribution in [0.5, 0.6) is 0 Å². The van der Waals surface area contributed by atoms with Gasteiger partial charge in [-0.3, -0.25) is 4.18 Å². The van der Waals surface area contributed by atoms with Crippen LogP contribution < -0.4 is 0 Å². The van der Waals surface area contributed by atoms with E-state index in [2.05, 4.69) is 4.18 Å². The van der Waals surface area contributed by atoms with Crippen molar-refractivity contribution in [3.63, 3.8) is 0 Å². The quantitative estimate of drug-likeness (QED) is 0.188. The Hall–Kier alpha value is -0.370. The van der Waals surface area contributed by atoms with Gasteiger partial charge in [-0.05, 0) is 18.8 Å². The molecule has 1 saturated carbocycles. The molecular weight excluding hydrogens is 324 g/mol. The predicted molar refractivity (Wildman–Crippen MR) is 69.0 cm³/mol. The van der Waals surface area contributed by atoms with E-state index in [0.717, 1.165) is 0 Å². The van der Waals surface area contributed by atoms with Crippen molar-refractivity contribution in [3.8, 4) is 0 Å². The number of hydrogen-bond acceptors (Lipinski definition) is 10. The number of aliphatic hydroxyl groups excluding tert-OH is 6. The van der Waals surface area contributed by atoms with Crippen molar-refractivity contribution in [2.24, 2.45) is 11.8 Å². The van der Waals surface area contributed by atoms with Gasteiger partial charge in [0, 0.05) is 5.92 Å². The second-order valence-electron chi connectivity index (χ2n) is 5.41. The summed E-state index contributed by atoms with van der Waals surface area (Å²) in [7, 11) is -5.13. The van der Waals surface area contributed by atoms with Crippen LogP contribution in [-0.2, 0) is 14.6 Å². The summed E-state index contributed by atoms with van der Waals surface area (Å²) < 4.78 is 35.6. The van der Waals surface area contributed by atoms with Crippen molar-refractivity contribution in [2.75, 3.05) is 13.2 Å². The van der Waals surface area contributed by atoms with E-state index >= 15 is 0 Å². The van der Waals surface area contributed by atoms with Crippen LogP contribution in [0.3, 0.4) is 0 Å². The van der Waals surface area contributed by atoms with E-state index in [-0.39, 0.29) is 12.8 Å². The first-order valence-corrected chi connectivity index (χ1v) is 8.02. The standard InChI is InChI=1S/C11H22O10S/c12-3-8(16)10-5(2-7(15)11(10)17)1-6(14)9(4-13)21-22(18,19)20/h5-17H,1-4H2,(H,18,19,20)/p-1/t5-,6-,7+,8-,9+,10-,11+/m1/s1. The normalized spacial score (nSPS) is 33.6. The molecule has 0 aromatic rings. The number of hydrogen-bond donors (Lipinski definition) is 6. The first-order valence-electron chi connectivity index (χ1n) is 6.68. The van der Waals surface area contributed by atoms with Crippen molar-refractivity contribution in [2.45, 2.75) is 43.4 Å². The van der Waals surface area contributed by atoms with Gasteiger partial charge in [0.25, 0.3) is 0 Å². The van der Waals surface area contributed by atoms with Crippen LogP contribution in [0.15, 0.2) is 0 Å². The topological polar surface area (TPSA) is 188 Å². The van der Waals surface area contributed by atoms with E-state index in [4.69, 9.17) is 10.2 Å². The molecule has 1 rings (SSSR count). The first-order chi connectivity index (χ1) is 10.1. The van der Waals surface area contributed by atoms with Crippen LogP contribution in [0.25, 0.3) is 0 Å². The molecule has 7 atom stereocenters. The van der Waals surface area contributed by atoms with Gasteiger partial charge in [0.15, 0.2) is 0 Å². The lowest BCUT2D eigenvalue weighted by molar-refractivity contribution is -0.0563. The molecule has 0 saturated heterocycles. The highest BCUT2D eigenvalue weighted by Gasteiger charge is 2.46. The third-order valence-corrected chi connectivity index (χ3v) is 4.39. The second kappa shape index (κ2) is 7.95. The lowest BCUT2D eigenvalue weighted by atomic mass is 9.85. The maximum Gasteiger partial charge on any atom is 0.218 e. The minimum Gasteiger partial charge on any atom is -0.726 e. The molecule has 1 fully saturated rings. The zero-order valence-corrected chi connectivity index (χ0v) is 12.4. The molecule has 0 aliphatic heterocycles. The third kappa shape index (κ3) is 5.08. The molecule has 0 radical (unpaired) electrons. The molecule has 0 spiro atoms. The van der Waals surface area contributed by atoms with Crippen molar-refractivity contribution >= 4 is 10.4 Å². The smallest absolute Gasteiger partial charge is 0.218 e. The molecule has 0 heterocycles. The van der Waals surface area contributed by atoms with E-state index in [1.807, 2.05) is 0 Å². The Kier molecular flexibility index (Phi) is 7.11. The predicted octanol–water partition coefficient (Wildman–Crippen LogP) is -3.71. The van der Waals surface area contributed by atoms with Gasteiger partial charge in [-0.1, -0.05) is 0 Å². The highest BCUT2D eigenvalue weighted by Crippen LogP contribution is 2.38. The van der Waals surface area contributed by atoms with Crippen LogP contribution in [0.1, 0.15) is 12.8 Å². The SMILES string of the molecule is O=S(=O)([O-])O[C@@H](CO)[C@H](O)C[C@@H]1C[C@H](O)[C@H](O)[C@H]1[C@H](O)CO. The van der Waals surface area contributed by atoms with Crippen molar-refractivity contribution in [3.05, 3.63) is 0 Å². The number of rotatable bonds is 8. The van der Waals surface area contributed by atoms with Gasteiger partial charge in [0.05, 0.1) is 37.6 Å². The van der Waals surface area contributed by atoms with E-state index < -0.39 is 66.0 Å². The van der Waals surface area contributed by atoms with Crippen LogP contribution in [-0.4, -0.2) is 87.3 Å². The lowest BCUT2D eigenvalue weighted by Crippen LogP contribution is -2.40. The molecule has 1 aliphatic rings. The molecule has 132 valence electrons. The van der Waals surface area contributed by atoms with Crippen LogP contribution in [0.4, 0.5) is 0 Å². The second-order valence-corrected chi connectivity index (χ2v) is 6.42. The summed E-state index contributed by atoms with van der Waals surface area (Å²) in [6.45, 7) is -1.61. The van der Waals surface area contributed by atoms with Gasteiger partial charge >= 0.3 is 0 Å². The Morgan fingerprint density at radius 3 is 2.23 bits per heavy atom. The lowest BCUT2D eigenvalue weighted by Gasteiger charge is -2.29. The largest absolute Gasteiger partial charge is 0.726 e. The molecule has 6 N–H and O–H groups in total. The fourth-order valence-corrected chi connectivity index (χ4v) is 3.38. The summed E-state index contributed by atoms with van der Waals surface area (Å²) in [4.78, 5) is 0. The van der Waals surface area contributed by atoms with E-state index in [0.29, 0.717) is 0 Å². The van der Waals surface area contributed by atoms with Crippen molar-refractivity contribution in [1.82, 2.24) is 0 Å². The summed E-state index contributed by atoms with van der Waals surface area (Å²) in [5.41, 5.74) is 0. The van der Waals surface area contributed by atoms with E-state index in [1.54, 1.807) is 0 Å². The molecule has 0 unspecified atom stereocenters. The molecule has 0 aromatic heterocycles. The van der Waals surface area contributed by atoms with Gasteiger partial charge in [-0.15, -0.1) is 0 Å². The highest BCUT2D eigenvalue weighted by molar-refractivity contribution is 7.80. The van der Waals surface area contributed by atoms with Crippen molar-refractivity contribution < 1.29 is 47.8 Å². The van der Waals surface area contributed by atoms with Gasteiger partial charge in [0.2, 0.25) is 10.4 Å². The maximum atomic E-state index is 10.5. The molecule has 1 aliphatic carbocycles. The molecule has 0 amide bonds.